The smallest absolute Gasteiger partial charge is 0.285 e. The van der Waals surface area contributed by atoms with Gasteiger partial charge in [0.15, 0.2) is 5.82 Å². The zero-order valence-electron chi connectivity index (χ0n) is 22.5. The van der Waals surface area contributed by atoms with Gasteiger partial charge in [0.25, 0.3) is 5.82 Å². The molecule has 0 amide bonds. The molecule has 6 aromatic rings. The first-order valence-electron chi connectivity index (χ1n) is 13.4. The summed E-state index contributed by atoms with van der Waals surface area (Å²) in [5.41, 5.74) is 8.79. The molecule has 2 aliphatic rings. The van der Waals surface area contributed by atoms with E-state index in [-0.39, 0.29) is 0 Å². The Morgan fingerprint density at radius 2 is 1.60 bits per heavy atom. The second-order valence-electron chi connectivity index (χ2n) is 10.4. The molecule has 4 aromatic heterocycles. The Balaban J connectivity index is 1.32. The molecule has 40 heavy (non-hydrogen) atoms. The molecule has 6 heterocycles. The van der Waals surface area contributed by atoms with Gasteiger partial charge in [0.1, 0.15) is 12.0 Å². The molecule has 0 atom stereocenters. The van der Waals surface area contributed by atoms with Crippen LogP contribution >= 0.6 is 11.3 Å². The summed E-state index contributed by atoms with van der Waals surface area (Å²) in [6.07, 6.45) is 5.34. The minimum atomic E-state index is 0.850. The summed E-state index contributed by atoms with van der Waals surface area (Å²) in [7, 11) is 6.33. The molecule has 7 heteroatoms. The van der Waals surface area contributed by atoms with Crippen LogP contribution in [0.25, 0.3) is 32.6 Å². The lowest BCUT2D eigenvalue weighted by atomic mass is 10.1. The van der Waals surface area contributed by atoms with Crippen molar-refractivity contribution in [2.45, 2.75) is 6.42 Å². The van der Waals surface area contributed by atoms with Crippen LogP contribution in [-0.4, -0.2) is 39.4 Å². The summed E-state index contributed by atoms with van der Waals surface area (Å²) >= 11 is 1.76. The first kappa shape index (κ1) is 23.2. The third-order valence-electron chi connectivity index (χ3n) is 8.08. The lowest BCUT2D eigenvalue weighted by molar-refractivity contribution is -0.403. The number of thiophene rings is 1. The van der Waals surface area contributed by atoms with Crippen molar-refractivity contribution in [1.29, 1.82) is 0 Å². The molecule has 194 valence electrons. The van der Waals surface area contributed by atoms with E-state index in [0.717, 1.165) is 52.1 Å². The predicted molar refractivity (Wildman–Crippen MR) is 166 cm³/mol. The number of benzene rings is 2. The number of nitrogens with zero attached hydrogens (tertiary/aromatic N) is 6. The van der Waals surface area contributed by atoms with Crippen molar-refractivity contribution >= 4 is 62.2 Å². The minimum Gasteiger partial charge on any atom is -0.340 e. The van der Waals surface area contributed by atoms with Gasteiger partial charge in [-0.05, 0) is 53.9 Å². The van der Waals surface area contributed by atoms with E-state index in [0.29, 0.717) is 0 Å². The topological polar surface area (TPSA) is 40.2 Å². The van der Waals surface area contributed by atoms with Crippen LogP contribution in [0.3, 0.4) is 0 Å². The fourth-order valence-electron chi connectivity index (χ4n) is 6.21. The molecule has 0 unspecified atom stereocenters. The second kappa shape index (κ2) is 8.63. The fraction of sp³-hybridized carbons (Fsp3) is 0.121. The molecule has 2 aliphatic heterocycles. The number of pyridine rings is 2. The van der Waals surface area contributed by atoms with Crippen LogP contribution in [0, 0.1) is 0 Å². The summed E-state index contributed by atoms with van der Waals surface area (Å²) in [5.74, 6) is 2.96. The quantitative estimate of drug-likeness (QED) is 0.215. The minimum absolute atomic E-state index is 0.850. The van der Waals surface area contributed by atoms with Crippen molar-refractivity contribution in [3.05, 3.63) is 96.0 Å². The maximum absolute atomic E-state index is 5.35. The Hall–Kier alpha value is -4.75. The molecule has 6 nitrogen and oxygen atoms in total. The van der Waals surface area contributed by atoms with E-state index in [2.05, 4.69) is 137 Å². The van der Waals surface area contributed by atoms with Gasteiger partial charge in [-0.3, -0.25) is 4.90 Å². The zero-order valence-corrected chi connectivity index (χ0v) is 23.4. The van der Waals surface area contributed by atoms with E-state index >= 15 is 0 Å². The van der Waals surface area contributed by atoms with E-state index in [1.165, 1.54) is 27.0 Å². The first-order chi connectivity index (χ1) is 19.6. The highest BCUT2D eigenvalue weighted by molar-refractivity contribution is 7.17. The third kappa shape index (κ3) is 3.31. The van der Waals surface area contributed by atoms with Gasteiger partial charge in [0.05, 0.1) is 59.9 Å². The maximum atomic E-state index is 5.35. The Kier molecular flexibility index (Phi) is 5.00. The molecule has 0 N–H and O–H groups in total. The molecular formula is C33H27N6S+. The summed E-state index contributed by atoms with van der Waals surface area (Å²) in [6, 6.07) is 27.7. The van der Waals surface area contributed by atoms with Crippen LogP contribution in [0.5, 0.6) is 0 Å². The molecule has 0 saturated carbocycles. The normalized spacial score (nSPS) is 13.8. The van der Waals surface area contributed by atoms with Gasteiger partial charge >= 0.3 is 0 Å². The molecule has 0 saturated heterocycles. The van der Waals surface area contributed by atoms with Gasteiger partial charge in [0, 0.05) is 29.1 Å². The van der Waals surface area contributed by atoms with E-state index < -0.39 is 0 Å². The molecule has 8 rings (SSSR count). The first-order valence-corrected chi connectivity index (χ1v) is 14.3. The van der Waals surface area contributed by atoms with Gasteiger partial charge < -0.3 is 4.90 Å². The Morgan fingerprint density at radius 3 is 2.50 bits per heavy atom. The highest BCUT2D eigenvalue weighted by atomic mass is 32.1. The number of rotatable bonds is 3. The van der Waals surface area contributed by atoms with Gasteiger partial charge in [-0.15, -0.1) is 11.3 Å². The number of hydrogen-bond acceptors (Lipinski definition) is 5. The van der Waals surface area contributed by atoms with Crippen LogP contribution in [-0.2, 0) is 13.5 Å². The van der Waals surface area contributed by atoms with Crippen molar-refractivity contribution in [3.8, 4) is 22.5 Å². The SMILES string of the molecule is CN1c2ccccc2N(c2cccc(-c3cccc4sccc34)n2)c2nc(-c3cn(C)c4c3CC=[N+]4C)ccc21. The Morgan fingerprint density at radius 1 is 0.775 bits per heavy atom. The molecule has 0 radical (unpaired) electrons. The number of hydrogen-bond donors (Lipinski definition) is 0. The van der Waals surface area contributed by atoms with Crippen molar-refractivity contribution < 1.29 is 4.58 Å². The number of aromatic nitrogens is 3. The predicted octanol–water partition coefficient (Wildman–Crippen LogP) is 7.82. The number of aryl methyl sites for hydroxylation is 1. The maximum Gasteiger partial charge on any atom is 0.285 e. The van der Waals surface area contributed by atoms with E-state index in [9.17, 15) is 0 Å². The highest BCUT2D eigenvalue weighted by Gasteiger charge is 2.32. The van der Waals surface area contributed by atoms with Crippen molar-refractivity contribution in [1.82, 2.24) is 14.5 Å². The molecule has 0 bridgehead atoms. The highest BCUT2D eigenvalue weighted by Crippen LogP contribution is 2.50. The fourth-order valence-corrected chi connectivity index (χ4v) is 7.02. The largest absolute Gasteiger partial charge is 0.340 e. The van der Waals surface area contributed by atoms with Gasteiger partial charge in [-0.1, -0.05) is 30.3 Å². The van der Waals surface area contributed by atoms with E-state index in [1.807, 2.05) is 0 Å². The molecule has 2 aromatic carbocycles. The van der Waals surface area contributed by atoms with Gasteiger partial charge in [-0.2, -0.15) is 0 Å². The van der Waals surface area contributed by atoms with Crippen LogP contribution in [0.15, 0.2) is 90.4 Å². The monoisotopic (exact) mass is 539 g/mol. The number of fused-ring (bicyclic) bond motifs is 4. The molecule has 0 aliphatic carbocycles. The average molecular weight is 540 g/mol. The van der Waals surface area contributed by atoms with Crippen molar-refractivity contribution in [3.63, 3.8) is 0 Å². The third-order valence-corrected chi connectivity index (χ3v) is 8.96. The van der Waals surface area contributed by atoms with Gasteiger partial charge in [-0.25, -0.2) is 19.1 Å². The lowest BCUT2D eigenvalue weighted by Crippen LogP contribution is -2.25. The summed E-state index contributed by atoms with van der Waals surface area (Å²) in [4.78, 5) is 15.0. The van der Waals surface area contributed by atoms with Crippen LogP contribution in [0.1, 0.15) is 5.56 Å². The number of para-hydroxylation sites is 2. The zero-order chi connectivity index (χ0) is 27.0. The summed E-state index contributed by atoms with van der Waals surface area (Å²) in [5, 5.41) is 3.38. The van der Waals surface area contributed by atoms with Crippen LogP contribution in [0.2, 0.25) is 0 Å². The van der Waals surface area contributed by atoms with Crippen molar-refractivity contribution in [2.24, 2.45) is 7.05 Å². The van der Waals surface area contributed by atoms with Gasteiger partial charge in [0.2, 0.25) is 0 Å². The molecule has 0 fully saturated rings. The van der Waals surface area contributed by atoms with Crippen LogP contribution < -0.4 is 9.80 Å². The lowest BCUT2D eigenvalue weighted by Gasteiger charge is -2.37. The Labute approximate surface area is 236 Å². The number of anilines is 5. The van der Waals surface area contributed by atoms with E-state index in [1.54, 1.807) is 11.3 Å². The van der Waals surface area contributed by atoms with E-state index in [4.69, 9.17) is 9.97 Å². The summed E-state index contributed by atoms with van der Waals surface area (Å²) < 4.78 is 5.67. The summed E-state index contributed by atoms with van der Waals surface area (Å²) in [6.45, 7) is 0. The molecule has 0 spiro atoms. The van der Waals surface area contributed by atoms with Crippen LogP contribution in [0.4, 0.5) is 34.5 Å². The second-order valence-corrected chi connectivity index (χ2v) is 11.3. The Bertz CT molecular complexity index is 2000. The average Bonchev–Trinajstić information content (AvgIpc) is 3.70. The standard InChI is InChI=1S/C33H27N6S/c1-36-18-16-23-24(20-37(2)33(23)36)26-14-15-29-32(35-26)39(28-11-5-4-10-27(28)38(29)3)31-13-7-9-25(34-31)21-8-6-12-30-22(21)17-19-40-30/h4-15,17-20H,16H2,1-3H3/q+1. The molecular weight excluding hydrogens is 512 g/mol. The van der Waals surface area contributed by atoms with Crippen molar-refractivity contribution in [2.75, 3.05) is 23.9 Å².